The third-order valence-corrected chi connectivity index (χ3v) is 2.86. The Hall–Kier alpha value is -1.06. The van der Waals surface area contributed by atoms with E-state index in [2.05, 4.69) is 30.9 Å². The Morgan fingerprint density at radius 1 is 1.28 bits per heavy atom. The Morgan fingerprint density at radius 3 is 2.78 bits per heavy atom. The van der Waals surface area contributed by atoms with Crippen molar-refractivity contribution in [1.82, 2.24) is 4.90 Å². The molecule has 0 aliphatic rings. The van der Waals surface area contributed by atoms with E-state index in [1.807, 2.05) is 12.1 Å². The van der Waals surface area contributed by atoms with Gasteiger partial charge in [-0.05, 0) is 37.2 Å². The van der Waals surface area contributed by atoms with Gasteiger partial charge in [-0.15, -0.1) is 0 Å². The van der Waals surface area contributed by atoms with Gasteiger partial charge in [0.05, 0.1) is 6.61 Å². The molecular weight excluding hydrogens is 226 g/mol. The van der Waals surface area contributed by atoms with E-state index in [-0.39, 0.29) is 6.61 Å². The summed E-state index contributed by atoms with van der Waals surface area (Å²) >= 11 is 0. The van der Waals surface area contributed by atoms with Crippen LogP contribution >= 0.6 is 0 Å². The first-order chi connectivity index (χ1) is 8.80. The van der Waals surface area contributed by atoms with Crippen molar-refractivity contribution >= 4 is 0 Å². The van der Waals surface area contributed by atoms with Gasteiger partial charge in [0.25, 0.3) is 0 Å². The maximum atomic E-state index is 8.72. The number of ether oxygens (including phenoxy) is 1. The lowest BCUT2D eigenvalue weighted by Gasteiger charge is -2.19. The quantitative estimate of drug-likeness (QED) is 0.685. The molecule has 1 rings (SSSR count). The van der Waals surface area contributed by atoms with Crippen molar-refractivity contribution in [3.05, 3.63) is 29.8 Å². The lowest BCUT2D eigenvalue weighted by Crippen LogP contribution is -2.23. The van der Waals surface area contributed by atoms with E-state index in [0.717, 1.165) is 25.4 Å². The molecule has 1 aromatic rings. The molecule has 0 aliphatic heterocycles. The Balaban J connectivity index is 2.52. The Labute approximate surface area is 110 Å². The molecular formula is C15H25NO2. The molecule has 0 spiro atoms. The maximum absolute atomic E-state index is 8.72. The van der Waals surface area contributed by atoms with Crippen LogP contribution in [0.4, 0.5) is 0 Å². The minimum Gasteiger partial charge on any atom is -0.493 e. The second kappa shape index (κ2) is 8.95. The fourth-order valence-electron chi connectivity index (χ4n) is 1.91. The maximum Gasteiger partial charge on any atom is 0.119 e. The molecule has 0 bridgehead atoms. The number of hydrogen-bond donors (Lipinski definition) is 1. The van der Waals surface area contributed by atoms with Crippen LogP contribution in [0.5, 0.6) is 5.75 Å². The molecule has 102 valence electrons. The van der Waals surface area contributed by atoms with E-state index >= 15 is 0 Å². The average Bonchev–Trinajstić information content (AvgIpc) is 2.39. The number of nitrogens with zero attached hydrogens (tertiary/aromatic N) is 1. The second-order valence-corrected chi connectivity index (χ2v) is 4.44. The molecule has 0 unspecified atom stereocenters. The molecule has 0 amide bonds. The van der Waals surface area contributed by atoms with Crippen LogP contribution in [0.15, 0.2) is 24.3 Å². The largest absolute Gasteiger partial charge is 0.493 e. The zero-order valence-corrected chi connectivity index (χ0v) is 11.6. The van der Waals surface area contributed by atoms with Gasteiger partial charge >= 0.3 is 0 Å². The number of aliphatic hydroxyl groups is 1. The van der Waals surface area contributed by atoms with Crippen molar-refractivity contribution in [2.75, 3.05) is 26.3 Å². The SMILES string of the molecule is CCCN(CC)Cc1cccc(OCCCO)c1. The van der Waals surface area contributed by atoms with Crippen LogP contribution in [0.25, 0.3) is 0 Å². The van der Waals surface area contributed by atoms with Crippen molar-refractivity contribution in [2.45, 2.75) is 33.2 Å². The highest BCUT2D eigenvalue weighted by Crippen LogP contribution is 2.15. The molecule has 1 N–H and O–H groups in total. The number of aliphatic hydroxyl groups excluding tert-OH is 1. The van der Waals surface area contributed by atoms with Crippen molar-refractivity contribution in [2.24, 2.45) is 0 Å². The Bertz CT molecular complexity index is 328. The second-order valence-electron chi connectivity index (χ2n) is 4.44. The first-order valence-electron chi connectivity index (χ1n) is 6.85. The molecule has 0 saturated carbocycles. The zero-order chi connectivity index (χ0) is 13.2. The predicted molar refractivity (Wildman–Crippen MR) is 74.9 cm³/mol. The summed E-state index contributed by atoms with van der Waals surface area (Å²) in [6.07, 6.45) is 1.86. The van der Waals surface area contributed by atoms with Gasteiger partial charge in [-0.25, -0.2) is 0 Å². The standard InChI is InChI=1S/C15H25NO2/c1-3-9-16(4-2)13-14-7-5-8-15(12-14)18-11-6-10-17/h5,7-8,12,17H,3-4,6,9-11,13H2,1-2H3. The first-order valence-corrected chi connectivity index (χ1v) is 6.85. The molecule has 0 atom stereocenters. The fraction of sp³-hybridized carbons (Fsp3) is 0.600. The normalized spacial score (nSPS) is 10.9. The van der Waals surface area contributed by atoms with Crippen LogP contribution in [0, 0.1) is 0 Å². The highest BCUT2D eigenvalue weighted by molar-refractivity contribution is 5.28. The lowest BCUT2D eigenvalue weighted by atomic mass is 10.2. The van der Waals surface area contributed by atoms with E-state index < -0.39 is 0 Å². The van der Waals surface area contributed by atoms with E-state index in [0.29, 0.717) is 13.0 Å². The number of hydrogen-bond acceptors (Lipinski definition) is 3. The van der Waals surface area contributed by atoms with Crippen LogP contribution in [0.1, 0.15) is 32.3 Å². The fourth-order valence-corrected chi connectivity index (χ4v) is 1.91. The molecule has 3 nitrogen and oxygen atoms in total. The monoisotopic (exact) mass is 251 g/mol. The molecule has 0 aromatic heterocycles. The van der Waals surface area contributed by atoms with Crippen molar-refractivity contribution in [1.29, 1.82) is 0 Å². The van der Waals surface area contributed by atoms with Crippen LogP contribution in [-0.2, 0) is 6.54 Å². The van der Waals surface area contributed by atoms with Gasteiger partial charge in [0, 0.05) is 19.6 Å². The van der Waals surface area contributed by atoms with Gasteiger partial charge in [-0.3, -0.25) is 4.90 Å². The third kappa shape index (κ3) is 5.52. The summed E-state index contributed by atoms with van der Waals surface area (Å²) in [7, 11) is 0. The van der Waals surface area contributed by atoms with E-state index in [1.165, 1.54) is 12.0 Å². The first kappa shape index (κ1) is 15.0. The van der Waals surface area contributed by atoms with Crippen molar-refractivity contribution in [3.8, 4) is 5.75 Å². The molecule has 0 aliphatic carbocycles. The van der Waals surface area contributed by atoms with E-state index in [9.17, 15) is 0 Å². The van der Waals surface area contributed by atoms with Crippen LogP contribution < -0.4 is 4.74 Å². The molecule has 18 heavy (non-hydrogen) atoms. The van der Waals surface area contributed by atoms with Gasteiger partial charge in [0.1, 0.15) is 5.75 Å². The summed E-state index contributed by atoms with van der Waals surface area (Å²) in [6, 6.07) is 8.23. The molecule has 1 aromatic carbocycles. The Kier molecular flexibility index (Phi) is 7.46. The van der Waals surface area contributed by atoms with Crippen molar-refractivity contribution < 1.29 is 9.84 Å². The highest BCUT2D eigenvalue weighted by atomic mass is 16.5. The van der Waals surface area contributed by atoms with Crippen molar-refractivity contribution in [3.63, 3.8) is 0 Å². The van der Waals surface area contributed by atoms with E-state index in [4.69, 9.17) is 9.84 Å². The predicted octanol–water partition coefficient (Wildman–Crippen LogP) is 2.68. The molecule has 0 heterocycles. The molecule has 0 saturated heterocycles. The Morgan fingerprint density at radius 2 is 2.11 bits per heavy atom. The molecule has 3 heteroatoms. The summed E-state index contributed by atoms with van der Waals surface area (Å²) < 4.78 is 5.58. The highest BCUT2D eigenvalue weighted by Gasteiger charge is 2.03. The molecule has 0 fully saturated rings. The minimum atomic E-state index is 0.180. The summed E-state index contributed by atoms with van der Waals surface area (Å²) in [5.41, 5.74) is 1.28. The van der Waals surface area contributed by atoms with Gasteiger partial charge < -0.3 is 9.84 Å². The van der Waals surface area contributed by atoms with Gasteiger partial charge in [0.2, 0.25) is 0 Å². The van der Waals surface area contributed by atoms with Crippen LogP contribution in [0.3, 0.4) is 0 Å². The third-order valence-electron chi connectivity index (χ3n) is 2.86. The zero-order valence-electron chi connectivity index (χ0n) is 11.6. The average molecular weight is 251 g/mol. The van der Waals surface area contributed by atoms with E-state index in [1.54, 1.807) is 0 Å². The smallest absolute Gasteiger partial charge is 0.119 e. The summed E-state index contributed by atoms with van der Waals surface area (Å²) in [5.74, 6) is 0.897. The summed E-state index contributed by atoms with van der Waals surface area (Å²) in [5, 5.41) is 8.72. The summed E-state index contributed by atoms with van der Waals surface area (Å²) in [6.45, 7) is 8.33. The minimum absolute atomic E-state index is 0.180. The number of benzene rings is 1. The van der Waals surface area contributed by atoms with Gasteiger partial charge in [0.15, 0.2) is 0 Å². The summed E-state index contributed by atoms with van der Waals surface area (Å²) in [4.78, 5) is 2.42. The van der Waals surface area contributed by atoms with Gasteiger partial charge in [-0.1, -0.05) is 26.0 Å². The molecule has 0 radical (unpaired) electrons. The number of rotatable bonds is 9. The van der Waals surface area contributed by atoms with Crippen LogP contribution in [0.2, 0.25) is 0 Å². The van der Waals surface area contributed by atoms with Crippen LogP contribution in [-0.4, -0.2) is 36.3 Å². The van der Waals surface area contributed by atoms with Gasteiger partial charge in [-0.2, -0.15) is 0 Å². The lowest BCUT2D eigenvalue weighted by molar-refractivity contribution is 0.233. The topological polar surface area (TPSA) is 32.7 Å².